The van der Waals surface area contributed by atoms with Gasteiger partial charge < -0.3 is 9.84 Å². The van der Waals surface area contributed by atoms with Crippen molar-refractivity contribution in [2.45, 2.75) is 0 Å². The number of methoxy groups -OCH3 is 1. The van der Waals surface area contributed by atoms with E-state index in [-0.39, 0.29) is 27.3 Å². The molecule has 0 aliphatic carbocycles. The molecule has 0 fully saturated rings. The number of ether oxygens (including phenoxy) is 1. The summed E-state index contributed by atoms with van der Waals surface area (Å²) in [6, 6.07) is 7.66. The molecule has 0 saturated carbocycles. The van der Waals surface area contributed by atoms with Gasteiger partial charge in [0.2, 0.25) is 0 Å². The largest absolute Gasteiger partial charge is 0.478 e. The highest BCUT2D eigenvalue weighted by atomic mass is 35.5. The predicted octanol–water partition coefficient (Wildman–Crippen LogP) is 3.63. The number of rotatable bonds is 3. The molecule has 0 heterocycles. The maximum atomic E-state index is 13.9. The van der Waals surface area contributed by atoms with E-state index in [2.05, 4.69) is 4.74 Å². The minimum Gasteiger partial charge on any atom is -0.478 e. The lowest BCUT2D eigenvalue weighted by atomic mass is 10.0. The highest BCUT2D eigenvalue weighted by Crippen LogP contribution is 2.28. The summed E-state index contributed by atoms with van der Waals surface area (Å²) in [5.74, 6) is -2.39. The minimum atomic E-state index is -1.18. The zero-order valence-corrected chi connectivity index (χ0v) is 11.6. The second-order valence-electron chi connectivity index (χ2n) is 4.22. The Morgan fingerprint density at radius 3 is 2.48 bits per heavy atom. The first-order valence-corrected chi connectivity index (χ1v) is 6.22. The molecule has 6 heteroatoms. The molecule has 2 aromatic carbocycles. The second-order valence-corrected chi connectivity index (χ2v) is 4.66. The van der Waals surface area contributed by atoms with Crippen LogP contribution in [-0.2, 0) is 4.74 Å². The molecular weight excluding hydrogens is 299 g/mol. The van der Waals surface area contributed by atoms with E-state index in [9.17, 15) is 14.0 Å². The third-order valence-corrected chi connectivity index (χ3v) is 3.06. The maximum Gasteiger partial charge on any atom is 0.337 e. The number of esters is 1. The van der Waals surface area contributed by atoms with E-state index in [0.29, 0.717) is 0 Å². The summed E-state index contributed by atoms with van der Waals surface area (Å²) >= 11 is 5.85. The summed E-state index contributed by atoms with van der Waals surface area (Å²) in [5, 5.41) is 9.16. The molecule has 0 aliphatic heterocycles. The Hall–Kier alpha value is -2.40. The predicted molar refractivity (Wildman–Crippen MR) is 75.1 cm³/mol. The molecule has 0 amide bonds. The van der Waals surface area contributed by atoms with Crippen LogP contribution in [0.4, 0.5) is 4.39 Å². The molecule has 0 atom stereocenters. The van der Waals surface area contributed by atoms with Crippen LogP contribution < -0.4 is 0 Å². The van der Waals surface area contributed by atoms with Gasteiger partial charge in [-0.05, 0) is 42.0 Å². The van der Waals surface area contributed by atoms with E-state index in [4.69, 9.17) is 16.7 Å². The molecule has 0 aromatic heterocycles. The van der Waals surface area contributed by atoms with Crippen LogP contribution in [0.15, 0.2) is 36.4 Å². The van der Waals surface area contributed by atoms with Gasteiger partial charge in [-0.2, -0.15) is 0 Å². The number of benzene rings is 2. The maximum absolute atomic E-state index is 13.9. The molecule has 0 aliphatic rings. The van der Waals surface area contributed by atoms with Crippen LogP contribution >= 0.6 is 11.6 Å². The lowest BCUT2D eigenvalue weighted by molar-refractivity contribution is 0.0599. The SMILES string of the molecule is COC(=O)c1ccc(F)c(-c2cc(Cl)cc(C(=O)O)c2)c1. The number of carbonyl (C=O) groups excluding carboxylic acids is 1. The van der Waals surface area contributed by atoms with Crippen molar-refractivity contribution in [2.75, 3.05) is 7.11 Å². The van der Waals surface area contributed by atoms with Crippen molar-refractivity contribution in [3.8, 4) is 11.1 Å². The van der Waals surface area contributed by atoms with Gasteiger partial charge in [0.05, 0.1) is 18.2 Å². The van der Waals surface area contributed by atoms with Gasteiger partial charge in [0, 0.05) is 10.6 Å². The lowest BCUT2D eigenvalue weighted by Crippen LogP contribution is -2.02. The topological polar surface area (TPSA) is 63.6 Å². The Morgan fingerprint density at radius 2 is 1.86 bits per heavy atom. The zero-order valence-electron chi connectivity index (χ0n) is 10.9. The molecule has 0 unspecified atom stereocenters. The van der Waals surface area contributed by atoms with Crippen LogP contribution in [0.25, 0.3) is 11.1 Å². The van der Waals surface area contributed by atoms with Crippen LogP contribution in [0, 0.1) is 5.82 Å². The van der Waals surface area contributed by atoms with E-state index < -0.39 is 17.8 Å². The van der Waals surface area contributed by atoms with E-state index in [1.54, 1.807) is 0 Å². The summed E-state index contributed by atoms with van der Waals surface area (Å²) in [6.45, 7) is 0. The van der Waals surface area contributed by atoms with E-state index >= 15 is 0 Å². The molecule has 0 radical (unpaired) electrons. The molecule has 0 bridgehead atoms. The van der Waals surface area contributed by atoms with Gasteiger partial charge in [-0.15, -0.1) is 0 Å². The van der Waals surface area contributed by atoms with Crippen molar-refractivity contribution < 1.29 is 23.8 Å². The average Bonchev–Trinajstić information content (AvgIpc) is 2.46. The molecule has 21 heavy (non-hydrogen) atoms. The number of carboxylic acid groups (broad SMARTS) is 1. The smallest absolute Gasteiger partial charge is 0.337 e. The van der Waals surface area contributed by atoms with E-state index in [0.717, 1.165) is 6.07 Å². The zero-order chi connectivity index (χ0) is 15.6. The summed E-state index contributed by atoms with van der Waals surface area (Å²) < 4.78 is 18.5. The lowest BCUT2D eigenvalue weighted by Gasteiger charge is -2.08. The number of hydrogen-bond donors (Lipinski definition) is 1. The summed E-state index contributed by atoms with van der Waals surface area (Å²) in [5.41, 5.74) is 0.428. The van der Waals surface area contributed by atoms with Crippen molar-refractivity contribution in [3.05, 3.63) is 58.4 Å². The highest BCUT2D eigenvalue weighted by molar-refractivity contribution is 6.31. The van der Waals surface area contributed by atoms with Crippen LogP contribution in [0.2, 0.25) is 5.02 Å². The molecule has 4 nitrogen and oxygen atoms in total. The van der Waals surface area contributed by atoms with Crippen molar-refractivity contribution in [2.24, 2.45) is 0 Å². The Balaban J connectivity index is 2.60. The van der Waals surface area contributed by atoms with Gasteiger partial charge in [-0.1, -0.05) is 11.6 Å². The van der Waals surface area contributed by atoms with Gasteiger partial charge in [-0.25, -0.2) is 14.0 Å². The highest BCUT2D eigenvalue weighted by Gasteiger charge is 2.14. The first-order chi connectivity index (χ1) is 9.92. The Morgan fingerprint density at radius 1 is 1.14 bits per heavy atom. The van der Waals surface area contributed by atoms with Crippen LogP contribution in [0.1, 0.15) is 20.7 Å². The van der Waals surface area contributed by atoms with Gasteiger partial charge in [-0.3, -0.25) is 0 Å². The minimum absolute atomic E-state index is 0.0691. The van der Waals surface area contributed by atoms with Gasteiger partial charge in [0.1, 0.15) is 5.82 Å². The van der Waals surface area contributed by atoms with Gasteiger partial charge in [0.25, 0.3) is 0 Å². The van der Waals surface area contributed by atoms with Crippen molar-refractivity contribution in [3.63, 3.8) is 0 Å². The fourth-order valence-electron chi connectivity index (χ4n) is 1.86. The number of carboxylic acids is 1. The van der Waals surface area contributed by atoms with Crippen LogP contribution in [-0.4, -0.2) is 24.2 Å². The molecule has 2 rings (SSSR count). The van der Waals surface area contributed by atoms with Crippen molar-refractivity contribution in [1.82, 2.24) is 0 Å². The fraction of sp³-hybridized carbons (Fsp3) is 0.0667. The Kier molecular flexibility index (Phi) is 4.23. The van der Waals surface area contributed by atoms with Crippen LogP contribution in [0.5, 0.6) is 0 Å². The third kappa shape index (κ3) is 3.20. The van der Waals surface area contributed by atoms with Gasteiger partial charge >= 0.3 is 11.9 Å². The van der Waals surface area contributed by atoms with Crippen molar-refractivity contribution >= 4 is 23.5 Å². The molecule has 108 valence electrons. The molecule has 1 N–H and O–H groups in total. The molecule has 0 spiro atoms. The summed E-state index contributed by atoms with van der Waals surface area (Å²) in [6.07, 6.45) is 0. The quantitative estimate of drug-likeness (QED) is 0.879. The number of hydrogen-bond acceptors (Lipinski definition) is 3. The summed E-state index contributed by atoms with van der Waals surface area (Å²) in [7, 11) is 1.22. The first kappa shape index (κ1) is 15.0. The fourth-order valence-corrected chi connectivity index (χ4v) is 2.10. The molecule has 0 saturated heterocycles. The number of halogens is 2. The third-order valence-electron chi connectivity index (χ3n) is 2.84. The Labute approximate surface area is 124 Å². The summed E-state index contributed by atoms with van der Waals surface area (Å²) in [4.78, 5) is 22.5. The van der Waals surface area contributed by atoms with E-state index in [1.165, 1.54) is 37.4 Å². The molecular formula is C15H10ClFO4. The average molecular weight is 309 g/mol. The Bertz CT molecular complexity index is 728. The standard InChI is InChI=1S/C15H10ClFO4/c1-21-15(20)8-2-3-13(17)12(7-8)9-4-10(14(18)19)6-11(16)5-9/h2-7H,1H3,(H,18,19). The van der Waals surface area contributed by atoms with Crippen molar-refractivity contribution in [1.29, 1.82) is 0 Å². The van der Waals surface area contributed by atoms with Crippen LogP contribution in [0.3, 0.4) is 0 Å². The number of aromatic carboxylic acids is 1. The molecule has 2 aromatic rings. The normalized spacial score (nSPS) is 10.2. The van der Waals surface area contributed by atoms with E-state index in [1.807, 2.05) is 0 Å². The number of carbonyl (C=O) groups is 2. The monoisotopic (exact) mass is 308 g/mol. The second kappa shape index (κ2) is 5.93. The van der Waals surface area contributed by atoms with Gasteiger partial charge in [0.15, 0.2) is 0 Å². The first-order valence-electron chi connectivity index (χ1n) is 5.84.